The molecule has 1 aromatic carbocycles. The lowest BCUT2D eigenvalue weighted by atomic mass is 10.0. The highest BCUT2D eigenvalue weighted by Gasteiger charge is 2.53. The van der Waals surface area contributed by atoms with Crippen molar-refractivity contribution in [3.63, 3.8) is 0 Å². The largest absolute Gasteiger partial charge is 0.384 e. The van der Waals surface area contributed by atoms with E-state index in [1.54, 1.807) is 24.3 Å². The molecule has 2 N–H and O–H groups in total. The Morgan fingerprint density at radius 3 is 2.62 bits per heavy atom. The molecule has 0 unspecified atom stereocenters. The molecule has 0 heterocycles. The van der Waals surface area contributed by atoms with Gasteiger partial charge < -0.3 is 5.11 Å². The summed E-state index contributed by atoms with van der Waals surface area (Å²) in [5, 5.41) is 8.77. The summed E-state index contributed by atoms with van der Waals surface area (Å²) in [5.41, 5.74) is 0.647. The third-order valence-electron chi connectivity index (χ3n) is 4.43. The van der Waals surface area contributed by atoms with Crippen LogP contribution < -0.4 is 4.72 Å². The van der Waals surface area contributed by atoms with Crippen molar-refractivity contribution in [1.29, 1.82) is 0 Å². The van der Waals surface area contributed by atoms with Crippen LogP contribution in [0.15, 0.2) is 29.2 Å². The standard InChI is InChI=1S/C16H19NO3S/c18-11-3-5-13-4-1-2-6-15(13)21(19,20)17-12-16(9-10-16)14-7-8-14/h1-2,4,6,14,17-18H,7-12H2. The maximum absolute atomic E-state index is 12.5. The lowest BCUT2D eigenvalue weighted by Crippen LogP contribution is -2.31. The number of aliphatic hydroxyl groups is 1. The fourth-order valence-corrected chi connectivity index (χ4v) is 4.14. The topological polar surface area (TPSA) is 66.4 Å². The predicted octanol–water partition coefficient (Wildman–Crippen LogP) is 1.50. The van der Waals surface area contributed by atoms with Crippen LogP contribution in [0.4, 0.5) is 0 Å². The summed E-state index contributed by atoms with van der Waals surface area (Å²) in [6.07, 6.45) is 4.74. The van der Waals surface area contributed by atoms with Gasteiger partial charge in [-0.25, -0.2) is 13.1 Å². The first-order chi connectivity index (χ1) is 10.1. The van der Waals surface area contributed by atoms with E-state index in [1.807, 2.05) is 0 Å². The van der Waals surface area contributed by atoms with Crippen LogP contribution in [0.5, 0.6) is 0 Å². The summed E-state index contributed by atoms with van der Waals surface area (Å²) in [4.78, 5) is 0.192. The third kappa shape index (κ3) is 3.13. The second kappa shape index (κ2) is 5.45. The van der Waals surface area contributed by atoms with E-state index < -0.39 is 10.0 Å². The van der Waals surface area contributed by atoms with Gasteiger partial charge in [0.05, 0.1) is 4.90 Å². The van der Waals surface area contributed by atoms with Crippen LogP contribution in [0, 0.1) is 23.2 Å². The van der Waals surface area contributed by atoms with E-state index in [0.29, 0.717) is 18.0 Å². The Labute approximate surface area is 125 Å². The van der Waals surface area contributed by atoms with Crippen molar-refractivity contribution >= 4 is 10.0 Å². The van der Waals surface area contributed by atoms with E-state index in [2.05, 4.69) is 16.6 Å². The number of rotatable bonds is 5. The van der Waals surface area contributed by atoms with Crippen LogP contribution in [0.3, 0.4) is 0 Å². The van der Waals surface area contributed by atoms with Crippen LogP contribution in [-0.4, -0.2) is 26.7 Å². The van der Waals surface area contributed by atoms with Gasteiger partial charge in [0.15, 0.2) is 0 Å². The number of aliphatic hydroxyl groups excluding tert-OH is 1. The second-order valence-corrected chi connectivity index (χ2v) is 7.65. The van der Waals surface area contributed by atoms with E-state index in [-0.39, 0.29) is 16.9 Å². The Morgan fingerprint density at radius 2 is 2.00 bits per heavy atom. The number of nitrogens with one attached hydrogen (secondary N) is 1. The van der Waals surface area contributed by atoms with Gasteiger partial charge in [-0.1, -0.05) is 24.0 Å². The Kier molecular flexibility index (Phi) is 3.78. The van der Waals surface area contributed by atoms with Gasteiger partial charge in [-0.2, -0.15) is 0 Å². The van der Waals surface area contributed by atoms with Crippen molar-refractivity contribution in [2.24, 2.45) is 11.3 Å². The van der Waals surface area contributed by atoms with Gasteiger partial charge in [0.25, 0.3) is 0 Å². The van der Waals surface area contributed by atoms with Gasteiger partial charge in [0, 0.05) is 12.1 Å². The Bertz CT molecular complexity index is 692. The minimum atomic E-state index is -3.55. The van der Waals surface area contributed by atoms with Gasteiger partial charge in [0.2, 0.25) is 10.0 Å². The molecule has 0 radical (unpaired) electrons. The minimum Gasteiger partial charge on any atom is -0.384 e. The van der Waals surface area contributed by atoms with Crippen molar-refractivity contribution in [1.82, 2.24) is 4.72 Å². The molecule has 2 fully saturated rings. The van der Waals surface area contributed by atoms with Crippen molar-refractivity contribution in [2.75, 3.05) is 13.2 Å². The Hall–Kier alpha value is -1.35. The summed E-state index contributed by atoms with van der Waals surface area (Å²) in [7, 11) is -3.55. The average molecular weight is 305 g/mol. The molecule has 0 aromatic heterocycles. The smallest absolute Gasteiger partial charge is 0.241 e. The number of benzene rings is 1. The molecule has 21 heavy (non-hydrogen) atoms. The second-order valence-electron chi connectivity index (χ2n) is 5.92. The van der Waals surface area contributed by atoms with Crippen LogP contribution >= 0.6 is 0 Å². The average Bonchev–Trinajstić information content (AvgIpc) is 3.36. The van der Waals surface area contributed by atoms with E-state index in [1.165, 1.54) is 12.8 Å². The molecule has 4 nitrogen and oxygen atoms in total. The number of hydrogen-bond donors (Lipinski definition) is 2. The van der Waals surface area contributed by atoms with Crippen LogP contribution in [0.25, 0.3) is 0 Å². The molecule has 2 aliphatic rings. The lowest BCUT2D eigenvalue weighted by molar-refractivity contribution is 0.350. The zero-order valence-corrected chi connectivity index (χ0v) is 12.6. The molecule has 0 saturated heterocycles. The van der Waals surface area contributed by atoms with Gasteiger partial charge >= 0.3 is 0 Å². The quantitative estimate of drug-likeness (QED) is 0.810. The van der Waals surface area contributed by atoms with Crippen molar-refractivity contribution in [3.05, 3.63) is 29.8 Å². The van der Waals surface area contributed by atoms with Crippen molar-refractivity contribution < 1.29 is 13.5 Å². The van der Waals surface area contributed by atoms with Crippen molar-refractivity contribution in [3.8, 4) is 11.8 Å². The molecule has 0 spiro atoms. The van der Waals surface area contributed by atoms with E-state index in [9.17, 15) is 8.42 Å². The van der Waals surface area contributed by atoms with E-state index in [0.717, 1.165) is 12.8 Å². The molecular weight excluding hydrogens is 286 g/mol. The molecule has 2 saturated carbocycles. The predicted molar refractivity (Wildman–Crippen MR) is 80.0 cm³/mol. The molecule has 112 valence electrons. The summed E-state index contributed by atoms with van der Waals surface area (Å²) in [5.74, 6) is 5.91. The van der Waals surface area contributed by atoms with E-state index in [4.69, 9.17) is 5.11 Å². The number of sulfonamides is 1. The SMILES string of the molecule is O=S(=O)(NCC1(C2CC2)CC1)c1ccccc1C#CCO. The maximum Gasteiger partial charge on any atom is 0.241 e. The molecule has 0 atom stereocenters. The van der Waals surface area contributed by atoms with Crippen LogP contribution in [0.1, 0.15) is 31.2 Å². The first-order valence-corrected chi connectivity index (χ1v) is 8.74. The minimum absolute atomic E-state index is 0.192. The molecule has 3 rings (SSSR count). The zero-order chi connectivity index (χ0) is 14.9. The third-order valence-corrected chi connectivity index (χ3v) is 5.89. The molecule has 5 heteroatoms. The maximum atomic E-state index is 12.5. The first-order valence-electron chi connectivity index (χ1n) is 7.26. The van der Waals surface area contributed by atoms with Gasteiger partial charge in [-0.05, 0) is 49.1 Å². The highest BCUT2D eigenvalue weighted by atomic mass is 32.2. The summed E-state index contributed by atoms with van der Waals surface area (Å²) >= 11 is 0. The van der Waals surface area contributed by atoms with Gasteiger partial charge in [-0.3, -0.25) is 0 Å². The summed E-state index contributed by atoms with van der Waals surface area (Å²) in [6, 6.07) is 6.64. The highest BCUT2D eigenvalue weighted by molar-refractivity contribution is 7.89. The molecule has 2 aliphatic carbocycles. The fourth-order valence-electron chi connectivity index (χ4n) is 2.84. The summed E-state index contributed by atoms with van der Waals surface area (Å²) in [6.45, 7) is 0.244. The lowest BCUT2D eigenvalue weighted by Gasteiger charge is -2.15. The zero-order valence-electron chi connectivity index (χ0n) is 11.8. The van der Waals surface area contributed by atoms with Crippen LogP contribution in [0.2, 0.25) is 0 Å². The van der Waals surface area contributed by atoms with Gasteiger partial charge in [-0.15, -0.1) is 0 Å². The molecule has 0 amide bonds. The normalized spacial score (nSPS) is 19.7. The van der Waals surface area contributed by atoms with Crippen LogP contribution in [-0.2, 0) is 10.0 Å². The molecule has 0 bridgehead atoms. The first kappa shape index (κ1) is 14.6. The molecular formula is C16H19NO3S. The summed E-state index contributed by atoms with van der Waals surface area (Å²) < 4.78 is 27.7. The molecule has 0 aliphatic heterocycles. The Morgan fingerprint density at radius 1 is 1.29 bits per heavy atom. The number of hydrogen-bond acceptors (Lipinski definition) is 3. The molecule has 1 aromatic rings. The highest BCUT2D eigenvalue weighted by Crippen LogP contribution is 2.60. The van der Waals surface area contributed by atoms with E-state index >= 15 is 0 Å². The monoisotopic (exact) mass is 305 g/mol. The Balaban J connectivity index is 1.78. The van der Waals surface area contributed by atoms with Gasteiger partial charge in [0.1, 0.15) is 6.61 Å². The fraction of sp³-hybridized carbons (Fsp3) is 0.500. The van der Waals surface area contributed by atoms with Crippen molar-refractivity contribution in [2.45, 2.75) is 30.6 Å².